The minimum absolute atomic E-state index is 0.0565. The minimum Gasteiger partial charge on any atom is -0.495 e. The van der Waals surface area contributed by atoms with Gasteiger partial charge in [0, 0.05) is 5.69 Å². The van der Waals surface area contributed by atoms with Crippen molar-refractivity contribution in [3.63, 3.8) is 0 Å². The summed E-state index contributed by atoms with van der Waals surface area (Å²) in [5, 5.41) is 3.32. The molecule has 0 bridgehead atoms. The number of hydrogen-bond acceptors (Lipinski definition) is 4. The Labute approximate surface area is 210 Å². The predicted octanol–water partition coefficient (Wildman–Crippen LogP) is 6.02. The Bertz CT molecular complexity index is 1330. The fourth-order valence-corrected chi connectivity index (χ4v) is 5.52. The molecular weight excluding hydrogens is 495 g/mol. The molecule has 9 heteroatoms. The number of hydrogen-bond donors (Lipinski definition) is 1. The smallest absolute Gasteiger partial charge is 0.268 e. The fraction of sp³-hybridized carbons (Fsp3) is 0.240. The van der Waals surface area contributed by atoms with Crippen LogP contribution >= 0.6 is 23.2 Å². The van der Waals surface area contributed by atoms with Crippen molar-refractivity contribution in [2.24, 2.45) is 0 Å². The number of halogens is 2. The first-order valence-electron chi connectivity index (χ1n) is 10.6. The molecule has 6 nitrogen and oxygen atoms in total. The fourth-order valence-electron chi connectivity index (χ4n) is 3.57. The Hall–Kier alpha value is -2.74. The number of methoxy groups -OCH3 is 1. The molecule has 3 aromatic rings. The third-order valence-corrected chi connectivity index (χ3v) is 7.90. The van der Waals surface area contributed by atoms with Gasteiger partial charge in [0.1, 0.15) is 17.2 Å². The summed E-state index contributed by atoms with van der Waals surface area (Å²) in [6.07, 6.45) is 0.715. The van der Waals surface area contributed by atoms with E-state index in [1.165, 1.54) is 31.4 Å². The molecule has 180 valence electrons. The van der Waals surface area contributed by atoms with Gasteiger partial charge in [0.15, 0.2) is 0 Å². The van der Waals surface area contributed by atoms with Crippen molar-refractivity contribution in [1.29, 1.82) is 0 Å². The van der Waals surface area contributed by atoms with Gasteiger partial charge in [-0.15, -0.1) is 0 Å². The highest BCUT2D eigenvalue weighted by atomic mass is 35.5. The maximum atomic E-state index is 13.8. The molecule has 0 spiro atoms. The summed E-state index contributed by atoms with van der Waals surface area (Å²) < 4.78 is 34.0. The Morgan fingerprint density at radius 3 is 2.41 bits per heavy atom. The van der Waals surface area contributed by atoms with Crippen LogP contribution in [0.1, 0.15) is 23.6 Å². The van der Waals surface area contributed by atoms with Gasteiger partial charge in [0.05, 0.1) is 22.8 Å². The molecule has 1 amide bonds. The van der Waals surface area contributed by atoms with Crippen molar-refractivity contribution in [2.45, 2.75) is 32.1 Å². The minimum atomic E-state index is -4.22. The van der Waals surface area contributed by atoms with E-state index >= 15 is 0 Å². The number of carbonyl (C=O) groups is 1. The largest absolute Gasteiger partial charge is 0.495 e. The van der Waals surface area contributed by atoms with Gasteiger partial charge in [0.2, 0.25) is 5.91 Å². The highest BCUT2D eigenvalue weighted by Crippen LogP contribution is 2.34. The first-order chi connectivity index (χ1) is 16.1. The lowest BCUT2D eigenvalue weighted by atomic mass is 10.1. The van der Waals surface area contributed by atoms with E-state index < -0.39 is 22.5 Å². The Balaban J connectivity index is 2.08. The van der Waals surface area contributed by atoms with Crippen LogP contribution in [0.5, 0.6) is 5.75 Å². The summed E-state index contributed by atoms with van der Waals surface area (Å²) in [4.78, 5) is 13.1. The molecule has 0 radical (unpaired) electrons. The van der Waals surface area contributed by atoms with Crippen LogP contribution in [0.2, 0.25) is 10.0 Å². The Kier molecular flexibility index (Phi) is 8.13. The van der Waals surface area contributed by atoms with Gasteiger partial charge in [-0.2, -0.15) is 0 Å². The molecule has 34 heavy (non-hydrogen) atoms. The zero-order valence-corrected chi connectivity index (χ0v) is 21.7. The average Bonchev–Trinajstić information content (AvgIpc) is 2.80. The van der Waals surface area contributed by atoms with Crippen LogP contribution in [-0.4, -0.2) is 28.0 Å². The van der Waals surface area contributed by atoms with Crippen LogP contribution in [0.25, 0.3) is 0 Å². The van der Waals surface area contributed by atoms with Crippen molar-refractivity contribution < 1.29 is 17.9 Å². The molecule has 0 aliphatic rings. The first kappa shape index (κ1) is 25.9. The van der Waals surface area contributed by atoms with Gasteiger partial charge in [-0.1, -0.05) is 54.4 Å². The number of nitrogens with zero attached hydrogens (tertiary/aromatic N) is 1. The standard InChI is InChI=1S/C25H26Cl2N2O4S/c1-5-18-8-6-7-17(3)25(18)28-24(30)15-29(19-10-11-20(26)21(27)14-19)34(31,32)23-13-16(2)9-12-22(23)33-4/h6-14H,5,15H2,1-4H3,(H,28,30). The number of sulfonamides is 1. The Morgan fingerprint density at radius 2 is 1.76 bits per heavy atom. The van der Waals surface area contributed by atoms with E-state index in [1.54, 1.807) is 19.1 Å². The van der Waals surface area contributed by atoms with Crippen LogP contribution in [0.4, 0.5) is 11.4 Å². The number of para-hydroxylation sites is 1. The normalized spacial score (nSPS) is 11.2. The van der Waals surface area contributed by atoms with Gasteiger partial charge >= 0.3 is 0 Å². The summed E-state index contributed by atoms with van der Waals surface area (Å²) in [5.41, 5.74) is 3.45. The molecule has 0 atom stereocenters. The van der Waals surface area contributed by atoms with Crippen LogP contribution in [0, 0.1) is 13.8 Å². The third-order valence-electron chi connectivity index (χ3n) is 5.37. The molecule has 0 aliphatic heterocycles. The van der Waals surface area contributed by atoms with E-state index in [4.69, 9.17) is 27.9 Å². The van der Waals surface area contributed by atoms with E-state index in [1.807, 2.05) is 32.0 Å². The van der Waals surface area contributed by atoms with E-state index in [9.17, 15) is 13.2 Å². The monoisotopic (exact) mass is 520 g/mol. The summed E-state index contributed by atoms with van der Waals surface area (Å²) in [6.45, 7) is 5.18. The van der Waals surface area contributed by atoms with E-state index in [2.05, 4.69) is 5.32 Å². The maximum Gasteiger partial charge on any atom is 0.268 e. The second-order valence-electron chi connectivity index (χ2n) is 7.78. The zero-order chi connectivity index (χ0) is 25.0. The first-order valence-corrected chi connectivity index (χ1v) is 12.8. The second-order valence-corrected chi connectivity index (χ2v) is 10.4. The van der Waals surface area contributed by atoms with E-state index in [0.29, 0.717) is 12.1 Å². The van der Waals surface area contributed by atoms with Crippen molar-refractivity contribution in [1.82, 2.24) is 0 Å². The summed E-state index contributed by atoms with van der Waals surface area (Å²) >= 11 is 12.2. The molecule has 0 saturated carbocycles. The summed E-state index contributed by atoms with van der Waals surface area (Å²) in [5.74, 6) is -0.325. The number of anilines is 2. The topological polar surface area (TPSA) is 75.7 Å². The molecule has 0 unspecified atom stereocenters. The lowest BCUT2D eigenvalue weighted by molar-refractivity contribution is -0.114. The predicted molar refractivity (Wildman–Crippen MR) is 138 cm³/mol. The molecule has 0 aliphatic carbocycles. The van der Waals surface area contributed by atoms with Gasteiger partial charge in [-0.05, 0) is 67.3 Å². The van der Waals surface area contributed by atoms with Gasteiger partial charge < -0.3 is 10.1 Å². The van der Waals surface area contributed by atoms with Crippen molar-refractivity contribution in [2.75, 3.05) is 23.3 Å². The number of rotatable bonds is 8. The zero-order valence-electron chi connectivity index (χ0n) is 19.4. The molecule has 0 saturated heterocycles. The molecule has 1 N–H and O–H groups in total. The van der Waals surface area contributed by atoms with Crippen molar-refractivity contribution >= 4 is 50.5 Å². The molecular formula is C25H26Cl2N2O4S. The number of benzene rings is 3. The summed E-state index contributed by atoms with van der Waals surface area (Å²) in [6, 6.07) is 15.0. The van der Waals surface area contributed by atoms with Crippen molar-refractivity contribution in [3.05, 3.63) is 81.3 Å². The lowest BCUT2D eigenvalue weighted by Crippen LogP contribution is -2.38. The second kappa shape index (κ2) is 10.7. The van der Waals surface area contributed by atoms with E-state index in [-0.39, 0.29) is 26.4 Å². The molecule has 0 fully saturated rings. The molecule has 0 heterocycles. The van der Waals surface area contributed by atoms with E-state index in [0.717, 1.165) is 21.0 Å². The van der Waals surface area contributed by atoms with Crippen LogP contribution in [0.3, 0.4) is 0 Å². The molecule has 0 aromatic heterocycles. The van der Waals surface area contributed by atoms with Gasteiger partial charge in [0.25, 0.3) is 10.0 Å². The number of aryl methyl sites for hydroxylation is 3. The van der Waals surface area contributed by atoms with Gasteiger partial charge in [-0.25, -0.2) is 8.42 Å². The number of nitrogens with one attached hydrogen (secondary N) is 1. The number of carbonyl (C=O) groups excluding carboxylic acids is 1. The lowest BCUT2D eigenvalue weighted by Gasteiger charge is -2.26. The van der Waals surface area contributed by atoms with Crippen LogP contribution in [0.15, 0.2) is 59.5 Å². The average molecular weight is 521 g/mol. The summed E-state index contributed by atoms with van der Waals surface area (Å²) in [7, 11) is -2.82. The maximum absolute atomic E-state index is 13.8. The SMILES string of the molecule is CCc1cccc(C)c1NC(=O)CN(c1ccc(Cl)c(Cl)c1)S(=O)(=O)c1cc(C)ccc1OC. The van der Waals surface area contributed by atoms with Gasteiger partial charge in [-0.3, -0.25) is 9.10 Å². The Morgan fingerprint density at radius 1 is 1.03 bits per heavy atom. The third kappa shape index (κ3) is 5.49. The quantitative estimate of drug-likeness (QED) is 0.394. The van der Waals surface area contributed by atoms with Crippen molar-refractivity contribution in [3.8, 4) is 5.75 Å². The molecule has 3 aromatic carbocycles. The van der Waals surface area contributed by atoms with Crippen LogP contribution in [-0.2, 0) is 21.2 Å². The number of ether oxygens (including phenoxy) is 1. The van der Waals surface area contributed by atoms with Crippen LogP contribution < -0.4 is 14.4 Å². The highest BCUT2D eigenvalue weighted by molar-refractivity contribution is 7.93. The molecule has 3 rings (SSSR count). The highest BCUT2D eigenvalue weighted by Gasteiger charge is 2.31. The number of amides is 1.